The fourth-order valence-electron chi connectivity index (χ4n) is 1.46. The first-order valence-corrected chi connectivity index (χ1v) is 5.00. The number of halogens is 4. The lowest BCUT2D eigenvalue weighted by molar-refractivity contribution is 0.470. The van der Waals surface area contributed by atoms with Crippen LogP contribution < -0.4 is 0 Å². The van der Waals surface area contributed by atoms with Crippen molar-refractivity contribution in [2.75, 3.05) is 0 Å². The van der Waals surface area contributed by atoms with Crippen LogP contribution in [0.5, 0.6) is 5.75 Å². The van der Waals surface area contributed by atoms with E-state index < -0.39 is 23.2 Å². The van der Waals surface area contributed by atoms with E-state index in [9.17, 15) is 18.3 Å². The van der Waals surface area contributed by atoms with E-state index in [1.807, 2.05) is 0 Å². The van der Waals surface area contributed by atoms with Crippen molar-refractivity contribution in [2.45, 2.75) is 0 Å². The lowest BCUT2D eigenvalue weighted by atomic mass is 10.0. The van der Waals surface area contributed by atoms with E-state index in [2.05, 4.69) is 0 Å². The van der Waals surface area contributed by atoms with Crippen LogP contribution in [-0.4, -0.2) is 5.11 Å². The molecule has 5 heteroatoms. The Morgan fingerprint density at radius 3 is 2.29 bits per heavy atom. The van der Waals surface area contributed by atoms with Crippen LogP contribution in [-0.2, 0) is 0 Å². The predicted octanol–water partition coefficient (Wildman–Crippen LogP) is 4.13. The average molecular weight is 259 g/mol. The highest BCUT2D eigenvalue weighted by atomic mass is 35.5. The van der Waals surface area contributed by atoms with Crippen LogP contribution in [0.2, 0.25) is 5.02 Å². The van der Waals surface area contributed by atoms with Gasteiger partial charge in [0.2, 0.25) is 0 Å². The highest BCUT2D eigenvalue weighted by Gasteiger charge is 2.14. The van der Waals surface area contributed by atoms with Gasteiger partial charge in [-0.15, -0.1) is 0 Å². The molecule has 0 aliphatic heterocycles. The maximum Gasteiger partial charge on any atom is 0.145 e. The van der Waals surface area contributed by atoms with Crippen molar-refractivity contribution in [3.63, 3.8) is 0 Å². The van der Waals surface area contributed by atoms with Gasteiger partial charge in [-0.1, -0.05) is 11.6 Å². The second-order valence-corrected chi connectivity index (χ2v) is 3.81. The average Bonchev–Trinajstić information content (AvgIpc) is 2.27. The van der Waals surface area contributed by atoms with Crippen molar-refractivity contribution in [1.29, 1.82) is 0 Å². The molecule has 0 bridgehead atoms. The SMILES string of the molecule is Oc1cc(F)c(Cl)cc1-c1cc(F)ccc1F. The summed E-state index contributed by atoms with van der Waals surface area (Å²) in [4.78, 5) is 0. The van der Waals surface area contributed by atoms with E-state index >= 15 is 0 Å². The van der Waals surface area contributed by atoms with Crippen molar-refractivity contribution in [3.8, 4) is 16.9 Å². The Balaban J connectivity index is 2.68. The minimum Gasteiger partial charge on any atom is -0.507 e. The van der Waals surface area contributed by atoms with Crippen LogP contribution in [0.4, 0.5) is 13.2 Å². The third-order valence-electron chi connectivity index (χ3n) is 2.26. The number of phenols is 1. The second kappa shape index (κ2) is 4.30. The van der Waals surface area contributed by atoms with E-state index in [-0.39, 0.29) is 16.1 Å². The first-order chi connectivity index (χ1) is 7.99. The third kappa shape index (κ3) is 2.22. The summed E-state index contributed by atoms with van der Waals surface area (Å²) in [5, 5.41) is 9.22. The van der Waals surface area contributed by atoms with Crippen LogP contribution in [0, 0.1) is 17.5 Å². The van der Waals surface area contributed by atoms with Gasteiger partial charge in [-0.2, -0.15) is 0 Å². The van der Waals surface area contributed by atoms with E-state index in [1.165, 1.54) is 0 Å². The van der Waals surface area contributed by atoms with Gasteiger partial charge in [0, 0.05) is 17.2 Å². The van der Waals surface area contributed by atoms with Gasteiger partial charge in [-0.25, -0.2) is 13.2 Å². The number of hydrogen-bond donors (Lipinski definition) is 1. The fourth-order valence-corrected chi connectivity index (χ4v) is 1.62. The Kier molecular flexibility index (Phi) is 2.98. The molecule has 0 amide bonds. The first-order valence-electron chi connectivity index (χ1n) is 4.62. The molecule has 0 saturated carbocycles. The largest absolute Gasteiger partial charge is 0.507 e. The molecule has 2 aromatic rings. The second-order valence-electron chi connectivity index (χ2n) is 3.41. The summed E-state index contributed by atoms with van der Waals surface area (Å²) < 4.78 is 39.4. The number of phenolic OH excluding ortho intramolecular Hbond substituents is 1. The van der Waals surface area contributed by atoms with Gasteiger partial charge in [-0.05, 0) is 24.3 Å². The first kappa shape index (κ1) is 11.8. The molecule has 88 valence electrons. The molecule has 2 rings (SSSR count). The number of benzene rings is 2. The van der Waals surface area contributed by atoms with E-state index in [0.717, 1.165) is 30.3 Å². The molecule has 0 aromatic heterocycles. The summed E-state index contributed by atoms with van der Waals surface area (Å²) in [5.74, 6) is -2.73. The van der Waals surface area contributed by atoms with Gasteiger partial charge in [0.05, 0.1) is 5.02 Å². The summed E-state index contributed by atoms with van der Waals surface area (Å²) >= 11 is 5.53. The predicted molar refractivity (Wildman–Crippen MR) is 58.4 cm³/mol. The Morgan fingerprint density at radius 1 is 0.882 bits per heavy atom. The van der Waals surface area contributed by atoms with Crippen LogP contribution in [0.3, 0.4) is 0 Å². The van der Waals surface area contributed by atoms with Crippen LogP contribution >= 0.6 is 11.6 Å². The van der Waals surface area contributed by atoms with Gasteiger partial charge in [0.1, 0.15) is 23.2 Å². The Bertz CT molecular complexity index is 584. The lowest BCUT2D eigenvalue weighted by Crippen LogP contribution is -1.89. The molecule has 2 aromatic carbocycles. The number of hydrogen-bond acceptors (Lipinski definition) is 1. The maximum absolute atomic E-state index is 13.5. The van der Waals surface area contributed by atoms with Crippen molar-refractivity contribution in [3.05, 3.63) is 52.8 Å². The standard InChI is InChI=1S/C12H6ClF3O/c13-9-4-8(12(17)5-11(9)16)7-3-6(14)1-2-10(7)15/h1-5,17H. The van der Waals surface area contributed by atoms with Gasteiger partial charge in [0.25, 0.3) is 0 Å². The minimum atomic E-state index is -0.829. The normalized spacial score (nSPS) is 10.6. The molecule has 0 radical (unpaired) electrons. The lowest BCUT2D eigenvalue weighted by Gasteiger charge is -2.07. The molecule has 1 nitrogen and oxygen atoms in total. The number of aromatic hydroxyl groups is 1. The van der Waals surface area contributed by atoms with Gasteiger partial charge in [-0.3, -0.25) is 0 Å². The van der Waals surface area contributed by atoms with Gasteiger partial charge in [0.15, 0.2) is 0 Å². The van der Waals surface area contributed by atoms with Gasteiger partial charge >= 0.3 is 0 Å². The van der Waals surface area contributed by atoms with Crippen molar-refractivity contribution < 1.29 is 18.3 Å². The summed E-state index contributed by atoms with van der Waals surface area (Å²) in [7, 11) is 0. The highest BCUT2D eigenvalue weighted by Crippen LogP contribution is 2.35. The summed E-state index contributed by atoms with van der Waals surface area (Å²) in [6, 6.07) is 4.56. The van der Waals surface area contributed by atoms with Crippen LogP contribution in [0.1, 0.15) is 0 Å². The molecule has 0 atom stereocenters. The smallest absolute Gasteiger partial charge is 0.145 e. The van der Waals surface area contributed by atoms with Crippen LogP contribution in [0.25, 0.3) is 11.1 Å². The summed E-state index contributed by atoms with van der Waals surface area (Å²) in [6.07, 6.45) is 0. The number of rotatable bonds is 1. The van der Waals surface area contributed by atoms with Crippen molar-refractivity contribution >= 4 is 11.6 Å². The van der Waals surface area contributed by atoms with E-state index in [1.54, 1.807) is 0 Å². The zero-order valence-corrected chi connectivity index (χ0v) is 9.10. The topological polar surface area (TPSA) is 20.2 Å². The van der Waals surface area contributed by atoms with Crippen LogP contribution in [0.15, 0.2) is 30.3 Å². The fraction of sp³-hybridized carbons (Fsp3) is 0. The highest BCUT2D eigenvalue weighted by molar-refractivity contribution is 6.31. The van der Waals surface area contributed by atoms with E-state index in [4.69, 9.17) is 11.6 Å². The molecule has 17 heavy (non-hydrogen) atoms. The molecule has 0 spiro atoms. The molecule has 0 unspecified atom stereocenters. The Hall–Kier alpha value is -1.68. The van der Waals surface area contributed by atoms with Crippen molar-refractivity contribution in [2.24, 2.45) is 0 Å². The molecule has 0 saturated heterocycles. The zero-order chi connectivity index (χ0) is 12.6. The molecule has 1 N–H and O–H groups in total. The van der Waals surface area contributed by atoms with Gasteiger partial charge < -0.3 is 5.11 Å². The van der Waals surface area contributed by atoms with E-state index in [0.29, 0.717) is 0 Å². The third-order valence-corrected chi connectivity index (χ3v) is 2.55. The minimum absolute atomic E-state index is 0.0617. The molecule has 0 aliphatic rings. The monoisotopic (exact) mass is 258 g/mol. The van der Waals surface area contributed by atoms with Crippen molar-refractivity contribution in [1.82, 2.24) is 0 Å². The summed E-state index contributed by atoms with van der Waals surface area (Å²) in [6.45, 7) is 0. The zero-order valence-electron chi connectivity index (χ0n) is 8.35. The maximum atomic E-state index is 13.5. The molecule has 0 heterocycles. The quantitative estimate of drug-likeness (QED) is 0.815. The molecule has 0 aliphatic carbocycles. The molecule has 0 fully saturated rings. The molecular weight excluding hydrogens is 253 g/mol. The summed E-state index contributed by atoms with van der Waals surface area (Å²) in [5.41, 5.74) is -0.238. The Labute approximate surface area is 100 Å². The molecular formula is C12H6ClF3O. The Morgan fingerprint density at radius 2 is 1.59 bits per heavy atom.